The molecule has 0 saturated carbocycles. The smallest absolute Gasteiger partial charge is 0.412 e. The largest absolute Gasteiger partial charge is 0.444 e. The van der Waals surface area contributed by atoms with Gasteiger partial charge < -0.3 is 4.74 Å². The molecule has 1 aliphatic heterocycles. The molecule has 0 spiro atoms. The number of hydrogen-bond acceptors (Lipinski definition) is 4. The SMILES string of the molecule is O=C1Nc2c(cccc2[N+](=O)[O-])CO1. The summed E-state index contributed by atoms with van der Waals surface area (Å²) in [6.07, 6.45) is -0.660. The second kappa shape index (κ2) is 2.99. The number of ether oxygens (including phenoxy) is 1. The molecule has 0 radical (unpaired) electrons. The van der Waals surface area contributed by atoms with E-state index in [4.69, 9.17) is 0 Å². The zero-order chi connectivity index (χ0) is 10.1. The quantitative estimate of drug-likeness (QED) is 0.544. The minimum absolute atomic E-state index is 0.0723. The third-order valence-corrected chi connectivity index (χ3v) is 1.91. The van der Waals surface area contributed by atoms with Crippen molar-refractivity contribution in [3.05, 3.63) is 33.9 Å². The number of anilines is 1. The van der Waals surface area contributed by atoms with Gasteiger partial charge in [-0.3, -0.25) is 15.4 Å². The average molecular weight is 194 g/mol. The lowest BCUT2D eigenvalue weighted by atomic mass is 10.1. The summed E-state index contributed by atoms with van der Waals surface area (Å²) in [6.45, 7) is 0.0723. The van der Waals surface area contributed by atoms with Crippen LogP contribution in [0.1, 0.15) is 5.56 Å². The normalized spacial score (nSPS) is 13.9. The molecule has 6 nitrogen and oxygen atoms in total. The van der Waals surface area contributed by atoms with Crippen molar-refractivity contribution >= 4 is 17.5 Å². The van der Waals surface area contributed by atoms with Gasteiger partial charge in [0, 0.05) is 11.6 Å². The Hall–Kier alpha value is -2.11. The number of carbonyl (C=O) groups excluding carboxylic acids is 1. The molecule has 14 heavy (non-hydrogen) atoms. The average Bonchev–Trinajstić information content (AvgIpc) is 2.16. The van der Waals surface area contributed by atoms with Gasteiger partial charge in [0.05, 0.1) is 4.92 Å². The minimum atomic E-state index is -0.660. The van der Waals surface area contributed by atoms with Gasteiger partial charge in [0.15, 0.2) is 0 Å². The van der Waals surface area contributed by atoms with E-state index < -0.39 is 11.0 Å². The fourth-order valence-corrected chi connectivity index (χ4v) is 1.28. The van der Waals surface area contributed by atoms with Gasteiger partial charge in [-0.15, -0.1) is 0 Å². The van der Waals surface area contributed by atoms with Crippen molar-refractivity contribution in [2.45, 2.75) is 6.61 Å². The number of nitrogens with zero attached hydrogens (tertiary/aromatic N) is 1. The lowest BCUT2D eigenvalue weighted by Crippen LogP contribution is -2.21. The Morgan fingerprint density at radius 2 is 2.29 bits per heavy atom. The first kappa shape index (κ1) is 8.49. The highest BCUT2D eigenvalue weighted by Crippen LogP contribution is 2.31. The molecule has 0 fully saturated rings. The van der Waals surface area contributed by atoms with Crippen molar-refractivity contribution in [2.75, 3.05) is 5.32 Å². The van der Waals surface area contributed by atoms with Gasteiger partial charge in [-0.2, -0.15) is 0 Å². The molecule has 6 heteroatoms. The van der Waals surface area contributed by atoms with Gasteiger partial charge in [0.25, 0.3) is 5.69 Å². The van der Waals surface area contributed by atoms with E-state index in [9.17, 15) is 14.9 Å². The molecular weight excluding hydrogens is 188 g/mol. The van der Waals surface area contributed by atoms with Crippen LogP contribution in [0.4, 0.5) is 16.2 Å². The number of fused-ring (bicyclic) bond motifs is 1. The highest BCUT2D eigenvalue weighted by Gasteiger charge is 2.24. The van der Waals surface area contributed by atoms with Crippen molar-refractivity contribution in [1.29, 1.82) is 0 Å². The summed E-state index contributed by atoms with van der Waals surface area (Å²) in [4.78, 5) is 20.9. The van der Waals surface area contributed by atoms with Gasteiger partial charge in [-0.1, -0.05) is 12.1 Å². The van der Waals surface area contributed by atoms with Crippen LogP contribution in [0.2, 0.25) is 0 Å². The van der Waals surface area contributed by atoms with Gasteiger partial charge in [0.1, 0.15) is 12.3 Å². The number of para-hydroxylation sites is 1. The maximum absolute atomic E-state index is 10.8. The predicted octanol–water partition coefficient (Wildman–Crippen LogP) is 1.66. The number of nitro groups is 1. The summed E-state index contributed by atoms with van der Waals surface area (Å²) < 4.78 is 4.67. The lowest BCUT2D eigenvalue weighted by molar-refractivity contribution is -0.384. The summed E-state index contributed by atoms with van der Waals surface area (Å²) in [6, 6.07) is 4.56. The number of carbonyl (C=O) groups is 1. The van der Waals surface area contributed by atoms with Crippen LogP contribution in [0, 0.1) is 10.1 Å². The number of amides is 1. The van der Waals surface area contributed by atoms with Crippen LogP contribution >= 0.6 is 0 Å². The molecule has 1 heterocycles. The highest BCUT2D eigenvalue weighted by molar-refractivity contribution is 5.91. The molecule has 1 N–H and O–H groups in total. The summed E-state index contributed by atoms with van der Waals surface area (Å²) >= 11 is 0. The maximum atomic E-state index is 10.8. The van der Waals surface area contributed by atoms with E-state index in [1.54, 1.807) is 12.1 Å². The number of rotatable bonds is 1. The van der Waals surface area contributed by atoms with E-state index in [0.717, 1.165) is 0 Å². The number of nitrogens with one attached hydrogen (secondary N) is 1. The molecule has 1 aromatic carbocycles. The molecular formula is C8H6N2O4. The molecule has 0 atom stereocenters. The molecule has 0 saturated heterocycles. The number of nitro benzene ring substituents is 1. The van der Waals surface area contributed by atoms with Gasteiger partial charge in [0.2, 0.25) is 0 Å². The first-order valence-corrected chi connectivity index (χ1v) is 3.88. The Morgan fingerprint density at radius 1 is 1.50 bits per heavy atom. The minimum Gasteiger partial charge on any atom is -0.444 e. The predicted molar refractivity (Wildman–Crippen MR) is 46.9 cm³/mol. The van der Waals surface area contributed by atoms with Crippen molar-refractivity contribution < 1.29 is 14.5 Å². The Kier molecular flexibility index (Phi) is 1.81. The first-order valence-electron chi connectivity index (χ1n) is 3.88. The van der Waals surface area contributed by atoms with Crippen LogP contribution in [0.5, 0.6) is 0 Å². The van der Waals surface area contributed by atoms with E-state index in [0.29, 0.717) is 5.56 Å². The zero-order valence-corrected chi connectivity index (χ0v) is 7.02. The lowest BCUT2D eigenvalue weighted by Gasteiger charge is -2.16. The Bertz CT molecular complexity index is 416. The molecule has 0 unspecified atom stereocenters. The van der Waals surface area contributed by atoms with E-state index in [1.807, 2.05) is 0 Å². The standard InChI is InChI=1S/C8H6N2O4/c11-8-9-7-5(4-14-8)2-1-3-6(7)10(12)13/h1-3H,4H2,(H,9,11). The van der Waals surface area contributed by atoms with Crippen molar-refractivity contribution in [3.63, 3.8) is 0 Å². The molecule has 2 rings (SSSR count). The van der Waals surface area contributed by atoms with Gasteiger partial charge in [-0.05, 0) is 0 Å². The third kappa shape index (κ3) is 1.26. The Labute approximate surface area is 78.6 Å². The van der Waals surface area contributed by atoms with Crippen molar-refractivity contribution in [1.82, 2.24) is 0 Å². The molecule has 1 aromatic rings. The van der Waals surface area contributed by atoms with Crippen LogP contribution in [0.15, 0.2) is 18.2 Å². The topological polar surface area (TPSA) is 81.5 Å². The van der Waals surface area contributed by atoms with Crippen LogP contribution in [0.25, 0.3) is 0 Å². The summed E-state index contributed by atoms with van der Waals surface area (Å²) in [5.41, 5.74) is 0.728. The number of benzene rings is 1. The Morgan fingerprint density at radius 3 is 3.00 bits per heavy atom. The van der Waals surface area contributed by atoms with Crippen LogP contribution in [-0.2, 0) is 11.3 Å². The molecule has 0 aromatic heterocycles. The van der Waals surface area contributed by atoms with E-state index >= 15 is 0 Å². The molecule has 1 aliphatic rings. The Balaban J connectivity index is 2.54. The van der Waals surface area contributed by atoms with E-state index in [1.165, 1.54) is 6.07 Å². The van der Waals surface area contributed by atoms with Gasteiger partial charge in [-0.25, -0.2) is 4.79 Å². The fourth-order valence-electron chi connectivity index (χ4n) is 1.28. The molecule has 72 valence electrons. The second-order valence-corrected chi connectivity index (χ2v) is 2.77. The molecule has 1 amide bonds. The number of hydrogen-bond donors (Lipinski definition) is 1. The fraction of sp³-hybridized carbons (Fsp3) is 0.125. The molecule has 0 aliphatic carbocycles. The molecule has 0 bridgehead atoms. The zero-order valence-electron chi connectivity index (χ0n) is 7.02. The third-order valence-electron chi connectivity index (χ3n) is 1.91. The summed E-state index contributed by atoms with van der Waals surface area (Å²) in [7, 11) is 0. The van der Waals surface area contributed by atoms with E-state index in [2.05, 4.69) is 10.1 Å². The van der Waals surface area contributed by atoms with Crippen LogP contribution in [0.3, 0.4) is 0 Å². The summed E-state index contributed by atoms with van der Waals surface area (Å²) in [5, 5.41) is 12.9. The maximum Gasteiger partial charge on any atom is 0.412 e. The van der Waals surface area contributed by atoms with Crippen molar-refractivity contribution in [3.8, 4) is 0 Å². The van der Waals surface area contributed by atoms with Crippen LogP contribution < -0.4 is 5.32 Å². The number of cyclic esters (lactones) is 1. The second-order valence-electron chi connectivity index (χ2n) is 2.77. The monoisotopic (exact) mass is 194 g/mol. The highest BCUT2D eigenvalue weighted by atomic mass is 16.6. The van der Waals surface area contributed by atoms with Crippen molar-refractivity contribution in [2.24, 2.45) is 0 Å². The summed E-state index contributed by atoms with van der Waals surface area (Å²) in [5.74, 6) is 0. The first-order chi connectivity index (χ1) is 6.68. The van der Waals surface area contributed by atoms with E-state index in [-0.39, 0.29) is 18.0 Å². The van der Waals surface area contributed by atoms with Gasteiger partial charge >= 0.3 is 6.09 Å². The van der Waals surface area contributed by atoms with Crippen LogP contribution in [-0.4, -0.2) is 11.0 Å².